The van der Waals surface area contributed by atoms with Crippen molar-refractivity contribution in [2.45, 2.75) is 45.6 Å². The maximum absolute atomic E-state index is 13.0. The van der Waals surface area contributed by atoms with Gasteiger partial charge in [0.25, 0.3) is 5.91 Å². The van der Waals surface area contributed by atoms with Crippen LogP contribution < -0.4 is 14.8 Å². The molecular formula is C27H33N5O4. The zero-order valence-corrected chi connectivity index (χ0v) is 21.2. The van der Waals surface area contributed by atoms with Gasteiger partial charge >= 0.3 is 0 Å². The molecule has 0 radical (unpaired) electrons. The molecule has 0 bridgehead atoms. The van der Waals surface area contributed by atoms with Crippen LogP contribution in [0, 0.1) is 0 Å². The van der Waals surface area contributed by atoms with Crippen LogP contribution in [0.4, 0.5) is 0 Å². The second-order valence-corrected chi connectivity index (χ2v) is 9.12. The summed E-state index contributed by atoms with van der Waals surface area (Å²) in [6.45, 7) is 5.82. The molecule has 0 saturated heterocycles. The van der Waals surface area contributed by atoms with E-state index in [1.807, 2.05) is 57.9 Å². The van der Waals surface area contributed by atoms with Crippen molar-refractivity contribution in [2.24, 2.45) is 0 Å². The third-order valence-electron chi connectivity index (χ3n) is 5.89. The molecule has 2 aromatic heterocycles. The van der Waals surface area contributed by atoms with Gasteiger partial charge in [0.05, 0.1) is 37.5 Å². The standard InChI is InChI=1S/C27H33N5O4/c1-27(2,26(33)29-11-6-13-31-14-12-28-19-31)36-25-23-16-21(18-34-3)9-10-24(23)32(30-25)17-20-7-5-8-22(15-20)35-4/h5,7-10,12,14-16,19H,6,11,13,17-18H2,1-4H3,(H,29,33). The monoisotopic (exact) mass is 491 g/mol. The number of aryl methyl sites for hydroxylation is 1. The highest BCUT2D eigenvalue weighted by Gasteiger charge is 2.31. The summed E-state index contributed by atoms with van der Waals surface area (Å²) in [5.74, 6) is 0.995. The molecule has 9 heteroatoms. The molecule has 36 heavy (non-hydrogen) atoms. The van der Waals surface area contributed by atoms with Gasteiger partial charge in [0.1, 0.15) is 5.75 Å². The largest absolute Gasteiger partial charge is 0.497 e. The Bertz CT molecular complexity index is 1300. The van der Waals surface area contributed by atoms with Gasteiger partial charge in [-0.25, -0.2) is 4.98 Å². The van der Waals surface area contributed by atoms with E-state index in [9.17, 15) is 4.79 Å². The lowest BCUT2D eigenvalue weighted by Gasteiger charge is -2.24. The molecule has 2 heterocycles. The molecule has 0 spiro atoms. The van der Waals surface area contributed by atoms with Gasteiger partial charge in [-0.3, -0.25) is 9.48 Å². The van der Waals surface area contributed by atoms with Crippen LogP contribution >= 0.6 is 0 Å². The highest BCUT2D eigenvalue weighted by molar-refractivity contribution is 5.88. The second-order valence-electron chi connectivity index (χ2n) is 9.12. The molecule has 4 aromatic rings. The predicted molar refractivity (Wildman–Crippen MR) is 137 cm³/mol. The Morgan fingerprint density at radius 1 is 1.11 bits per heavy atom. The number of rotatable bonds is 12. The van der Waals surface area contributed by atoms with Crippen molar-refractivity contribution in [2.75, 3.05) is 20.8 Å². The third-order valence-corrected chi connectivity index (χ3v) is 5.89. The SMILES string of the molecule is COCc1ccc2c(c1)c(OC(C)(C)C(=O)NCCCn1ccnc1)nn2Cc1cccc(OC)c1. The van der Waals surface area contributed by atoms with Crippen molar-refractivity contribution in [1.29, 1.82) is 0 Å². The minimum absolute atomic E-state index is 0.198. The maximum atomic E-state index is 13.0. The van der Waals surface area contributed by atoms with Crippen LogP contribution in [0.15, 0.2) is 61.2 Å². The summed E-state index contributed by atoms with van der Waals surface area (Å²) in [6, 6.07) is 13.9. The number of carbonyl (C=O) groups is 1. The topological polar surface area (TPSA) is 92.4 Å². The quantitative estimate of drug-likeness (QED) is 0.303. The molecule has 1 amide bonds. The molecule has 190 valence electrons. The summed E-state index contributed by atoms with van der Waals surface area (Å²) in [5.41, 5.74) is 1.83. The van der Waals surface area contributed by atoms with Crippen LogP contribution in [-0.2, 0) is 29.2 Å². The first-order chi connectivity index (χ1) is 17.4. The zero-order valence-electron chi connectivity index (χ0n) is 21.2. The van der Waals surface area contributed by atoms with Crippen LogP contribution in [0.5, 0.6) is 11.6 Å². The lowest BCUT2D eigenvalue weighted by atomic mass is 10.1. The first-order valence-electron chi connectivity index (χ1n) is 11.9. The molecule has 0 saturated carbocycles. The van der Waals surface area contributed by atoms with Gasteiger partial charge in [-0.05, 0) is 55.7 Å². The molecular weight excluding hydrogens is 458 g/mol. The fourth-order valence-electron chi connectivity index (χ4n) is 3.98. The molecule has 0 aliphatic heterocycles. The Morgan fingerprint density at radius 3 is 2.72 bits per heavy atom. The fourth-order valence-corrected chi connectivity index (χ4v) is 3.98. The summed E-state index contributed by atoms with van der Waals surface area (Å²) in [7, 11) is 3.31. The number of hydrogen-bond acceptors (Lipinski definition) is 6. The van der Waals surface area contributed by atoms with E-state index in [0.717, 1.165) is 40.7 Å². The number of hydrogen-bond donors (Lipinski definition) is 1. The molecule has 0 aliphatic rings. The normalized spacial score (nSPS) is 11.6. The smallest absolute Gasteiger partial charge is 0.263 e. The van der Waals surface area contributed by atoms with Gasteiger partial charge in [-0.2, -0.15) is 0 Å². The highest BCUT2D eigenvalue weighted by Crippen LogP contribution is 2.30. The van der Waals surface area contributed by atoms with Gasteiger partial charge in [-0.15, -0.1) is 5.10 Å². The summed E-state index contributed by atoms with van der Waals surface area (Å²) >= 11 is 0. The number of imidazole rings is 1. The van der Waals surface area contributed by atoms with Crippen LogP contribution in [0.1, 0.15) is 31.4 Å². The average Bonchev–Trinajstić information content (AvgIpc) is 3.50. The lowest BCUT2D eigenvalue weighted by molar-refractivity contribution is -0.134. The number of aromatic nitrogens is 4. The molecule has 0 unspecified atom stereocenters. The van der Waals surface area contributed by atoms with E-state index in [1.165, 1.54) is 0 Å². The first-order valence-corrected chi connectivity index (χ1v) is 11.9. The van der Waals surface area contributed by atoms with Crippen molar-refractivity contribution in [1.82, 2.24) is 24.6 Å². The number of fused-ring (bicyclic) bond motifs is 1. The Labute approximate surface area is 211 Å². The predicted octanol–water partition coefficient (Wildman–Crippen LogP) is 3.80. The molecule has 0 fully saturated rings. The van der Waals surface area contributed by atoms with E-state index in [0.29, 0.717) is 25.6 Å². The lowest BCUT2D eigenvalue weighted by Crippen LogP contribution is -2.47. The minimum atomic E-state index is -1.12. The Hall–Kier alpha value is -3.85. The maximum Gasteiger partial charge on any atom is 0.263 e. The van der Waals surface area contributed by atoms with Crippen molar-refractivity contribution >= 4 is 16.8 Å². The fraction of sp³-hybridized carbons (Fsp3) is 0.370. The Balaban J connectivity index is 1.53. The molecule has 1 N–H and O–H groups in total. The van der Waals surface area contributed by atoms with Crippen molar-refractivity contribution < 1.29 is 19.0 Å². The Kier molecular flexibility index (Phi) is 7.90. The summed E-state index contributed by atoms with van der Waals surface area (Å²) in [5, 5.41) is 8.57. The number of benzene rings is 2. The van der Waals surface area contributed by atoms with Crippen LogP contribution in [0.25, 0.3) is 10.9 Å². The van der Waals surface area contributed by atoms with Gasteiger partial charge in [-0.1, -0.05) is 18.2 Å². The average molecular weight is 492 g/mol. The molecule has 2 aromatic carbocycles. The van der Waals surface area contributed by atoms with Crippen LogP contribution in [0.2, 0.25) is 0 Å². The van der Waals surface area contributed by atoms with Crippen molar-refractivity contribution in [3.05, 3.63) is 72.3 Å². The van der Waals surface area contributed by atoms with Gasteiger partial charge in [0.15, 0.2) is 5.60 Å². The molecule has 9 nitrogen and oxygen atoms in total. The summed E-state index contributed by atoms with van der Waals surface area (Å²) in [4.78, 5) is 17.0. The van der Waals surface area contributed by atoms with Crippen LogP contribution in [0.3, 0.4) is 0 Å². The molecule has 4 rings (SSSR count). The number of methoxy groups -OCH3 is 2. The van der Waals surface area contributed by atoms with Crippen molar-refractivity contribution in [3.8, 4) is 11.6 Å². The van der Waals surface area contributed by atoms with Gasteiger partial charge < -0.3 is 24.1 Å². The van der Waals surface area contributed by atoms with Crippen LogP contribution in [-0.4, -0.2) is 51.6 Å². The van der Waals surface area contributed by atoms with Crippen molar-refractivity contribution in [3.63, 3.8) is 0 Å². The first kappa shape index (κ1) is 25.2. The molecule has 0 aliphatic carbocycles. The van der Waals surface area contributed by atoms with E-state index < -0.39 is 5.60 Å². The highest BCUT2D eigenvalue weighted by atomic mass is 16.5. The number of nitrogens with one attached hydrogen (secondary N) is 1. The minimum Gasteiger partial charge on any atom is -0.497 e. The van der Waals surface area contributed by atoms with E-state index in [2.05, 4.69) is 10.3 Å². The zero-order chi connectivity index (χ0) is 25.5. The number of ether oxygens (including phenoxy) is 3. The van der Waals surface area contributed by atoms with E-state index in [-0.39, 0.29) is 5.91 Å². The second kappa shape index (κ2) is 11.3. The Morgan fingerprint density at radius 2 is 1.97 bits per heavy atom. The van der Waals surface area contributed by atoms with Gasteiger partial charge in [0, 0.05) is 32.6 Å². The summed E-state index contributed by atoms with van der Waals surface area (Å²) < 4.78 is 20.8. The third kappa shape index (κ3) is 6.04. The summed E-state index contributed by atoms with van der Waals surface area (Å²) in [6.07, 6.45) is 6.20. The number of amides is 1. The number of nitrogens with zero attached hydrogens (tertiary/aromatic N) is 4. The molecule has 0 atom stereocenters. The van der Waals surface area contributed by atoms with E-state index >= 15 is 0 Å². The van der Waals surface area contributed by atoms with Gasteiger partial charge in [0.2, 0.25) is 5.88 Å². The van der Waals surface area contributed by atoms with E-state index in [4.69, 9.17) is 19.3 Å². The van der Waals surface area contributed by atoms with E-state index in [1.54, 1.807) is 40.6 Å². The number of carbonyl (C=O) groups excluding carboxylic acids is 1.